The van der Waals surface area contributed by atoms with Crippen LogP contribution in [0.5, 0.6) is 5.75 Å². The summed E-state index contributed by atoms with van der Waals surface area (Å²) in [5.41, 5.74) is 7.13. The average molecular weight is 294 g/mol. The number of aryl methyl sites for hydroxylation is 1. The normalized spacial score (nSPS) is 12.7. The second-order valence-electron chi connectivity index (χ2n) is 5.39. The molecule has 4 nitrogen and oxygen atoms in total. The number of nitrogens with zero attached hydrogens (tertiary/aromatic N) is 1. The van der Waals surface area contributed by atoms with Crippen LogP contribution in [-0.2, 0) is 17.6 Å². The van der Waals surface area contributed by atoms with Crippen molar-refractivity contribution >= 4 is 11.6 Å². The summed E-state index contributed by atoms with van der Waals surface area (Å²) in [6.45, 7) is 1.91. The average Bonchev–Trinajstić information content (AvgIpc) is 2.95. The molecule has 0 saturated heterocycles. The third-order valence-corrected chi connectivity index (χ3v) is 3.70. The largest absolute Gasteiger partial charge is 0.483 e. The van der Waals surface area contributed by atoms with E-state index in [1.807, 2.05) is 43.3 Å². The molecule has 0 unspecified atom stereocenters. The number of hydrazone groups is 1. The number of amides is 1. The fourth-order valence-corrected chi connectivity index (χ4v) is 2.52. The number of para-hydroxylation sites is 1. The van der Waals surface area contributed by atoms with Crippen molar-refractivity contribution in [3.8, 4) is 5.75 Å². The number of benzene rings is 2. The molecule has 1 aliphatic rings. The Hall–Kier alpha value is -2.62. The van der Waals surface area contributed by atoms with E-state index in [2.05, 4.69) is 22.7 Å². The van der Waals surface area contributed by atoms with E-state index in [1.165, 1.54) is 11.1 Å². The zero-order valence-electron chi connectivity index (χ0n) is 12.5. The number of rotatable bonds is 4. The second-order valence-corrected chi connectivity index (χ2v) is 5.39. The van der Waals surface area contributed by atoms with E-state index in [-0.39, 0.29) is 12.5 Å². The van der Waals surface area contributed by atoms with Crippen LogP contribution in [0.15, 0.2) is 53.6 Å². The Morgan fingerprint density at radius 2 is 1.73 bits per heavy atom. The monoisotopic (exact) mass is 294 g/mol. The van der Waals surface area contributed by atoms with Crippen LogP contribution >= 0.6 is 0 Å². The number of hydrogen-bond acceptors (Lipinski definition) is 3. The van der Waals surface area contributed by atoms with Crippen LogP contribution in [-0.4, -0.2) is 18.2 Å². The molecule has 0 heterocycles. The van der Waals surface area contributed by atoms with E-state index in [1.54, 1.807) is 0 Å². The highest BCUT2D eigenvalue weighted by molar-refractivity contribution is 5.93. The van der Waals surface area contributed by atoms with Gasteiger partial charge in [-0.15, -0.1) is 0 Å². The van der Waals surface area contributed by atoms with Crippen molar-refractivity contribution in [1.82, 2.24) is 5.43 Å². The fourth-order valence-electron chi connectivity index (χ4n) is 2.52. The Bertz CT molecular complexity index is 696. The van der Waals surface area contributed by atoms with Crippen molar-refractivity contribution in [2.24, 2.45) is 5.10 Å². The molecule has 0 saturated carbocycles. The summed E-state index contributed by atoms with van der Waals surface area (Å²) in [7, 11) is 0. The van der Waals surface area contributed by atoms with Gasteiger partial charge in [0.25, 0.3) is 5.91 Å². The number of carbonyl (C=O) groups is 1. The minimum absolute atomic E-state index is 0.0332. The molecule has 1 N–H and O–H groups in total. The van der Waals surface area contributed by atoms with Crippen LogP contribution in [0.1, 0.15) is 16.7 Å². The van der Waals surface area contributed by atoms with Crippen molar-refractivity contribution in [3.63, 3.8) is 0 Å². The van der Waals surface area contributed by atoms with Crippen LogP contribution in [0.2, 0.25) is 0 Å². The predicted octanol–water partition coefficient (Wildman–Crippen LogP) is 2.64. The van der Waals surface area contributed by atoms with Gasteiger partial charge in [0.15, 0.2) is 6.61 Å². The summed E-state index contributed by atoms with van der Waals surface area (Å²) < 4.78 is 5.49. The molecule has 0 radical (unpaired) electrons. The van der Waals surface area contributed by atoms with Gasteiger partial charge in [-0.05, 0) is 29.7 Å². The SMILES string of the molecule is Cc1ccccc1OCC(=O)NN=C1Cc2ccccc2C1. The molecule has 1 aliphatic carbocycles. The first-order valence-corrected chi connectivity index (χ1v) is 7.32. The molecule has 0 atom stereocenters. The summed E-state index contributed by atoms with van der Waals surface area (Å²) >= 11 is 0. The Morgan fingerprint density at radius 1 is 1.09 bits per heavy atom. The van der Waals surface area contributed by atoms with E-state index in [0.29, 0.717) is 0 Å². The predicted molar refractivity (Wildman–Crippen MR) is 86.1 cm³/mol. The lowest BCUT2D eigenvalue weighted by molar-refractivity contribution is -0.123. The van der Waals surface area contributed by atoms with Crippen molar-refractivity contribution in [3.05, 3.63) is 65.2 Å². The Morgan fingerprint density at radius 3 is 2.41 bits per heavy atom. The topological polar surface area (TPSA) is 50.7 Å². The van der Waals surface area contributed by atoms with Gasteiger partial charge < -0.3 is 4.74 Å². The summed E-state index contributed by atoms with van der Waals surface area (Å²) in [6.07, 6.45) is 1.60. The molecule has 2 aromatic carbocycles. The highest BCUT2D eigenvalue weighted by Crippen LogP contribution is 2.19. The van der Waals surface area contributed by atoms with E-state index in [4.69, 9.17) is 4.74 Å². The minimum atomic E-state index is -0.244. The molecule has 112 valence electrons. The molecule has 0 aliphatic heterocycles. The molecule has 0 fully saturated rings. The first-order valence-electron chi connectivity index (χ1n) is 7.32. The Balaban J connectivity index is 1.51. The van der Waals surface area contributed by atoms with E-state index in [9.17, 15) is 4.79 Å². The van der Waals surface area contributed by atoms with E-state index >= 15 is 0 Å². The van der Waals surface area contributed by atoms with Gasteiger partial charge in [0, 0.05) is 18.6 Å². The number of ether oxygens (including phenoxy) is 1. The first kappa shape index (κ1) is 14.3. The molecule has 22 heavy (non-hydrogen) atoms. The second kappa shape index (κ2) is 6.43. The molecule has 0 aromatic heterocycles. The van der Waals surface area contributed by atoms with Gasteiger partial charge >= 0.3 is 0 Å². The number of fused-ring (bicyclic) bond motifs is 1. The van der Waals surface area contributed by atoms with Crippen molar-refractivity contribution < 1.29 is 9.53 Å². The Labute approximate surface area is 129 Å². The summed E-state index contributed by atoms with van der Waals surface area (Å²) in [4.78, 5) is 11.8. The van der Waals surface area contributed by atoms with Gasteiger partial charge in [-0.2, -0.15) is 5.10 Å². The highest BCUT2D eigenvalue weighted by Gasteiger charge is 2.16. The van der Waals surface area contributed by atoms with Crippen LogP contribution in [0.3, 0.4) is 0 Å². The van der Waals surface area contributed by atoms with Gasteiger partial charge in [0.2, 0.25) is 0 Å². The van der Waals surface area contributed by atoms with Crippen LogP contribution in [0.25, 0.3) is 0 Å². The number of hydrogen-bond donors (Lipinski definition) is 1. The highest BCUT2D eigenvalue weighted by atomic mass is 16.5. The smallest absolute Gasteiger partial charge is 0.277 e. The van der Waals surface area contributed by atoms with Crippen LogP contribution in [0, 0.1) is 6.92 Å². The van der Waals surface area contributed by atoms with Gasteiger partial charge in [-0.25, -0.2) is 5.43 Å². The maximum Gasteiger partial charge on any atom is 0.277 e. The molecule has 2 aromatic rings. The maximum atomic E-state index is 11.8. The quantitative estimate of drug-likeness (QED) is 0.881. The van der Waals surface area contributed by atoms with E-state index in [0.717, 1.165) is 29.9 Å². The molecule has 1 amide bonds. The van der Waals surface area contributed by atoms with Crippen LogP contribution in [0.4, 0.5) is 0 Å². The van der Waals surface area contributed by atoms with E-state index < -0.39 is 0 Å². The van der Waals surface area contributed by atoms with Crippen molar-refractivity contribution in [1.29, 1.82) is 0 Å². The third kappa shape index (κ3) is 3.34. The zero-order chi connectivity index (χ0) is 15.4. The summed E-state index contributed by atoms with van der Waals surface area (Å²) in [6, 6.07) is 15.9. The lowest BCUT2D eigenvalue weighted by atomic mass is 10.1. The van der Waals surface area contributed by atoms with Gasteiger partial charge in [0.1, 0.15) is 5.75 Å². The molecule has 0 bridgehead atoms. The first-order chi connectivity index (χ1) is 10.7. The summed E-state index contributed by atoms with van der Waals surface area (Å²) in [5.74, 6) is 0.477. The molecule has 4 heteroatoms. The number of nitrogens with one attached hydrogen (secondary N) is 1. The lowest BCUT2D eigenvalue weighted by Crippen LogP contribution is -2.26. The molecular formula is C18H18N2O2. The Kier molecular flexibility index (Phi) is 4.19. The van der Waals surface area contributed by atoms with Crippen molar-refractivity contribution in [2.45, 2.75) is 19.8 Å². The maximum absolute atomic E-state index is 11.8. The minimum Gasteiger partial charge on any atom is -0.483 e. The van der Waals surface area contributed by atoms with Crippen molar-refractivity contribution in [2.75, 3.05) is 6.61 Å². The third-order valence-electron chi connectivity index (χ3n) is 3.70. The zero-order valence-corrected chi connectivity index (χ0v) is 12.5. The lowest BCUT2D eigenvalue weighted by Gasteiger charge is -2.07. The summed E-state index contributed by atoms with van der Waals surface area (Å²) in [5, 5.41) is 4.21. The standard InChI is InChI=1S/C18H18N2O2/c1-13-6-2-5-9-17(13)22-12-18(21)20-19-16-10-14-7-3-4-8-15(14)11-16/h2-9H,10-12H2,1H3,(H,20,21). The fraction of sp³-hybridized carbons (Fsp3) is 0.222. The van der Waals surface area contributed by atoms with Gasteiger partial charge in [-0.3, -0.25) is 4.79 Å². The molecular weight excluding hydrogens is 276 g/mol. The molecule has 0 spiro atoms. The molecule has 3 rings (SSSR count). The van der Waals surface area contributed by atoms with Crippen LogP contribution < -0.4 is 10.2 Å². The van der Waals surface area contributed by atoms with Gasteiger partial charge in [-0.1, -0.05) is 42.5 Å². The number of carbonyl (C=O) groups excluding carboxylic acids is 1. The van der Waals surface area contributed by atoms with Gasteiger partial charge in [0.05, 0.1) is 0 Å².